The first-order valence-electron chi connectivity index (χ1n) is 17.8. The molecule has 0 saturated heterocycles. The maximum Gasteiger partial charge on any atom is 0.408 e. The third kappa shape index (κ3) is 11.7. The van der Waals surface area contributed by atoms with Crippen LogP contribution in [0.15, 0.2) is 103 Å². The number of esters is 1. The summed E-state index contributed by atoms with van der Waals surface area (Å²) in [6, 6.07) is 27.9. The van der Waals surface area contributed by atoms with Crippen LogP contribution in [0.5, 0.6) is 0 Å². The molecule has 0 aliphatic heterocycles. The van der Waals surface area contributed by atoms with Crippen LogP contribution in [0.3, 0.4) is 0 Å². The lowest BCUT2D eigenvalue weighted by Gasteiger charge is -2.37. The number of hydrogen-bond donors (Lipinski definition) is 2. The minimum atomic E-state index is -2.01. The quantitative estimate of drug-likeness (QED) is 0.0501. The van der Waals surface area contributed by atoms with Crippen LogP contribution < -0.4 is 10.6 Å². The fourth-order valence-corrected chi connectivity index (χ4v) is 6.59. The van der Waals surface area contributed by atoms with Crippen molar-refractivity contribution in [1.29, 1.82) is 0 Å². The van der Waals surface area contributed by atoms with Crippen molar-refractivity contribution in [2.75, 3.05) is 13.7 Å². The number of benzene rings is 3. The minimum Gasteiger partial charge on any atom is -0.466 e. The first kappa shape index (κ1) is 41.9. The highest BCUT2D eigenvalue weighted by Gasteiger charge is 2.39. The molecule has 2 N–H and O–H groups in total. The lowest BCUT2D eigenvalue weighted by atomic mass is 9.77. The van der Waals surface area contributed by atoms with Gasteiger partial charge < -0.3 is 24.5 Å². The summed E-state index contributed by atoms with van der Waals surface area (Å²) in [5, 5.41) is 5.97. The summed E-state index contributed by atoms with van der Waals surface area (Å²) in [5.74, 6) is -1.54. The van der Waals surface area contributed by atoms with E-state index in [1.54, 1.807) is 20.8 Å². The summed E-state index contributed by atoms with van der Waals surface area (Å²) in [6.45, 7) is 16.3. The van der Waals surface area contributed by atoms with Gasteiger partial charge in [-0.25, -0.2) is 9.59 Å². The Morgan fingerprint density at radius 1 is 0.750 bits per heavy atom. The van der Waals surface area contributed by atoms with E-state index in [9.17, 15) is 19.2 Å². The van der Waals surface area contributed by atoms with Crippen molar-refractivity contribution < 1.29 is 33.1 Å². The normalized spacial score (nSPS) is 13.1. The van der Waals surface area contributed by atoms with Crippen LogP contribution in [0.1, 0.15) is 83.9 Å². The predicted molar refractivity (Wildman–Crippen MR) is 207 cm³/mol. The Morgan fingerprint density at radius 2 is 1.23 bits per heavy atom. The van der Waals surface area contributed by atoms with Crippen molar-refractivity contribution in [2.24, 2.45) is 0 Å². The maximum absolute atomic E-state index is 14.1. The zero-order chi connectivity index (χ0) is 38.6. The number of methoxy groups -OCH3 is 1. The molecule has 0 unspecified atom stereocenters. The van der Waals surface area contributed by atoms with Gasteiger partial charge in [0.05, 0.1) is 13.2 Å². The zero-order valence-corrected chi connectivity index (χ0v) is 33.2. The van der Waals surface area contributed by atoms with Gasteiger partial charge in [-0.1, -0.05) is 112 Å². The second-order valence-electron chi connectivity index (χ2n) is 15.4. The van der Waals surface area contributed by atoms with Gasteiger partial charge in [-0.3, -0.25) is 9.59 Å². The Morgan fingerprint density at radius 3 is 1.65 bits per heavy atom. The largest absolute Gasteiger partial charge is 0.466 e. The van der Waals surface area contributed by atoms with Crippen molar-refractivity contribution in [3.8, 4) is 0 Å². The van der Waals surface area contributed by atoms with E-state index in [4.69, 9.17) is 13.9 Å². The molecule has 2 amide bonds. The SMILES string of the molecule is COC(=O)/C(=C/C(=O)[C@H](CCC(=O)NC(c1ccccc1)(c1ccccc1)c1ccccc1)NC(=O)OC(C)(C)C)CCCO[Si](C)(C)C(C)(C)C. The smallest absolute Gasteiger partial charge is 0.408 e. The predicted octanol–water partition coefficient (Wildman–Crippen LogP) is 8.24. The van der Waals surface area contributed by atoms with Crippen molar-refractivity contribution >= 4 is 32.1 Å². The number of alkyl carbamates (subject to hydrolysis) is 1. The summed E-state index contributed by atoms with van der Waals surface area (Å²) in [6.07, 6.45) is 0.948. The molecule has 0 radical (unpaired) electrons. The highest BCUT2D eigenvalue weighted by molar-refractivity contribution is 6.74. The fraction of sp³-hybridized carbons (Fsp3) is 0.429. The zero-order valence-electron chi connectivity index (χ0n) is 32.2. The average molecular weight is 729 g/mol. The molecular weight excluding hydrogens is 673 g/mol. The standard InChI is InChI=1S/C42H56N2O7Si/c1-40(2,3)51-39(48)43-35(36(45)30-31(38(47)49-7)20-19-29-50-52(8,9)41(4,5)6)27-28-37(46)44-42(32-21-13-10-14-22-32,33-23-15-11-16-24-33)34-25-17-12-18-26-34/h10-18,21-26,30,35H,19-20,27-29H2,1-9H3,(H,43,48)(H,44,46)/b31-30+/t35-/m0/s1. The molecule has 0 fully saturated rings. The van der Waals surface area contributed by atoms with Gasteiger partial charge in [-0.15, -0.1) is 0 Å². The molecule has 0 heterocycles. The molecule has 0 bridgehead atoms. The first-order chi connectivity index (χ1) is 24.4. The number of carbonyl (C=O) groups excluding carboxylic acids is 4. The first-order valence-corrected chi connectivity index (χ1v) is 20.7. The van der Waals surface area contributed by atoms with E-state index in [1.165, 1.54) is 13.2 Å². The Bertz CT molecular complexity index is 1560. The molecule has 1 atom stereocenters. The lowest BCUT2D eigenvalue weighted by molar-refractivity contribution is -0.136. The molecule has 280 valence electrons. The minimum absolute atomic E-state index is 0.0276. The fourth-order valence-electron chi connectivity index (χ4n) is 5.51. The van der Waals surface area contributed by atoms with Gasteiger partial charge in [0, 0.05) is 18.6 Å². The topological polar surface area (TPSA) is 120 Å². The van der Waals surface area contributed by atoms with Crippen LogP contribution in [-0.4, -0.2) is 57.4 Å². The molecule has 3 rings (SSSR count). The Kier molecular flexibility index (Phi) is 14.7. The van der Waals surface area contributed by atoms with Gasteiger partial charge in [-0.2, -0.15) is 0 Å². The molecule has 10 heteroatoms. The van der Waals surface area contributed by atoms with E-state index in [0.717, 1.165) is 16.7 Å². The second-order valence-corrected chi connectivity index (χ2v) is 20.2. The van der Waals surface area contributed by atoms with E-state index in [2.05, 4.69) is 44.5 Å². The summed E-state index contributed by atoms with van der Waals surface area (Å²) in [5.41, 5.74) is 0.828. The van der Waals surface area contributed by atoms with E-state index >= 15 is 0 Å². The van der Waals surface area contributed by atoms with Crippen molar-refractivity contribution in [1.82, 2.24) is 10.6 Å². The van der Waals surface area contributed by atoms with Crippen LogP contribution in [0.4, 0.5) is 4.79 Å². The number of ether oxygens (including phenoxy) is 2. The molecule has 3 aromatic rings. The van der Waals surface area contributed by atoms with Crippen molar-refractivity contribution in [3.05, 3.63) is 119 Å². The van der Waals surface area contributed by atoms with Crippen LogP contribution in [0.25, 0.3) is 0 Å². The summed E-state index contributed by atoms with van der Waals surface area (Å²) in [7, 11) is -0.750. The highest BCUT2D eigenvalue weighted by atomic mass is 28.4. The molecule has 9 nitrogen and oxygen atoms in total. The Labute approximate surface area is 310 Å². The Balaban J connectivity index is 1.91. The maximum atomic E-state index is 14.1. The van der Waals surface area contributed by atoms with Crippen LogP contribution in [0.2, 0.25) is 18.1 Å². The molecule has 52 heavy (non-hydrogen) atoms. The van der Waals surface area contributed by atoms with Crippen LogP contribution in [0, 0.1) is 0 Å². The van der Waals surface area contributed by atoms with E-state index in [1.807, 2.05) is 91.0 Å². The monoisotopic (exact) mass is 728 g/mol. The van der Waals surface area contributed by atoms with Crippen molar-refractivity contribution in [3.63, 3.8) is 0 Å². The lowest BCUT2D eigenvalue weighted by Crippen LogP contribution is -2.48. The van der Waals surface area contributed by atoms with Gasteiger partial charge in [0.2, 0.25) is 5.91 Å². The summed E-state index contributed by atoms with van der Waals surface area (Å²) >= 11 is 0. The van der Waals surface area contributed by atoms with E-state index in [-0.39, 0.29) is 35.8 Å². The van der Waals surface area contributed by atoms with Gasteiger partial charge in [0.15, 0.2) is 14.1 Å². The molecule has 0 spiro atoms. The third-order valence-corrected chi connectivity index (χ3v) is 13.8. The Hall–Kier alpha value is -4.54. The number of carbonyl (C=O) groups is 4. The molecule has 0 saturated carbocycles. The number of ketones is 1. The molecule has 0 aliphatic rings. The van der Waals surface area contributed by atoms with Crippen LogP contribution in [-0.2, 0) is 33.8 Å². The number of nitrogens with one attached hydrogen (secondary N) is 2. The van der Waals surface area contributed by atoms with E-state index in [0.29, 0.717) is 13.0 Å². The number of rotatable bonds is 16. The van der Waals surface area contributed by atoms with Gasteiger partial charge in [0.1, 0.15) is 11.1 Å². The second kappa shape index (κ2) is 18.3. The number of hydrogen-bond acceptors (Lipinski definition) is 7. The molecule has 3 aromatic carbocycles. The molecular formula is C42H56N2O7Si. The van der Waals surface area contributed by atoms with Crippen LogP contribution >= 0.6 is 0 Å². The summed E-state index contributed by atoms with van der Waals surface area (Å²) in [4.78, 5) is 53.7. The molecule has 0 aromatic heterocycles. The van der Waals surface area contributed by atoms with E-state index < -0.39 is 43.3 Å². The van der Waals surface area contributed by atoms with Gasteiger partial charge >= 0.3 is 12.1 Å². The number of amides is 2. The third-order valence-electron chi connectivity index (χ3n) is 9.27. The molecule has 0 aliphatic carbocycles. The average Bonchev–Trinajstić information content (AvgIpc) is 3.09. The summed E-state index contributed by atoms with van der Waals surface area (Å²) < 4.78 is 16.7. The highest BCUT2D eigenvalue weighted by Crippen LogP contribution is 2.38. The van der Waals surface area contributed by atoms with Crippen molar-refractivity contribution in [2.45, 2.75) is 103 Å². The van der Waals surface area contributed by atoms with Gasteiger partial charge in [-0.05, 0) is 80.9 Å². The van der Waals surface area contributed by atoms with Gasteiger partial charge in [0.25, 0.3) is 0 Å².